The van der Waals surface area contributed by atoms with Crippen LogP contribution in [0.5, 0.6) is 0 Å². The van der Waals surface area contributed by atoms with E-state index in [2.05, 4.69) is 15.6 Å². The van der Waals surface area contributed by atoms with Crippen LogP contribution in [0.4, 0.5) is 15.8 Å². The second-order valence-electron chi connectivity index (χ2n) is 4.85. The van der Waals surface area contributed by atoms with Gasteiger partial charge in [0.2, 0.25) is 5.91 Å². The lowest BCUT2D eigenvalue weighted by Gasteiger charge is -2.08. The van der Waals surface area contributed by atoms with E-state index < -0.39 is 0 Å². The SMILES string of the molecule is O=C(CNc1ccc(F)cc1)Nc1ccc2cnccc2c1. The van der Waals surface area contributed by atoms with Crippen LogP contribution in [-0.4, -0.2) is 17.4 Å². The topological polar surface area (TPSA) is 54.0 Å². The summed E-state index contributed by atoms with van der Waals surface area (Å²) in [5.41, 5.74) is 1.42. The summed E-state index contributed by atoms with van der Waals surface area (Å²) in [6, 6.07) is 13.4. The van der Waals surface area contributed by atoms with Crippen molar-refractivity contribution in [1.29, 1.82) is 0 Å². The molecular formula is C17H14FN3O. The lowest BCUT2D eigenvalue weighted by Crippen LogP contribution is -2.21. The summed E-state index contributed by atoms with van der Waals surface area (Å²) in [6.45, 7) is 0.111. The van der Waals surface area contributed by atoms with Crippen LogP contribution >= 0.6 is 0 Å². The van der Waals surface area contributed by atoms with E-state index in [9.17, 15) is 9.18 Å². The molecule has 2 aromatic carbocycles. The van der Waals surface area contributed by atoms with Crippen LogP contribution in [0.3, 0.4) is 0 Å². The Morgan fingerprint density at radius 1 is 1.00 bits per heavy atom. The Morgan fingerprint density at radius 3 is 2.59 bits per heavy atom. The summed E-state index contributed by atoms with van der Waals surface area (Å²) >= 11 is 0. The Hall–Kier alpha value is -2.95. The molecular weight excluding hydrogens is 281 g/mol. The van der Waals surface area contributed by atoms with Crippen molar-refractivity contribution in [2.75, 3.05) is 17.2 Å². The van der Waals surface area contributed by atoms with Gasteiger partial charge in [0.1, 0.15) is 5.82 Å². The van der Waals surface area contributed by atoms with Gasteiger partial charge >= 0.3 is 0 Å². The molecule has 0 aliphatic rings. The second-order valence-corrected chi connectivity index (χ2v) is 4.85. The standard InChI is InChI=1S/C17H14FN3O/c18-14-2-5-15(6-3-14)20-11-17(22)21-16-4-1-13-10-19-8-7-12(13)9-16/h1-10,20H,11H2,(H,21,22). The zero-order chi connectivity index (χ0) is 15.4. The van der Waals surface area contributed by atoms with Crippen LogP contribution < -0.4 is 10.6 Å². The Labute approximate surface area is 127 Å². The number of nitrogens with one attached hydrogen (secondary N) is 2. The molecule has 2 N–H and O–H groups in total. The number of aromatic nitrogens is 1. The molecule has 4 nitrogen and oxygen atoms in total. The molecule has 1 amide bonds. The predicted octanol–water partition coefficient (Wildman–Crippen LogP) is 3.42. The summed E-state index contributed by atoms with van der Waals surface area (Å²) < 4.78 is 12.8. The van der Waals surface area contributed by atoms with Crippen LogP contribution in [0, 0.1) is 5.82 Å². The molecule has 3 rings (SSSR count). The maximum Gasteiger partial charge on any atom is 0.243 e. The van der Waals surface area contributed by atoms with Gasteiger partial charge in [-0.1, -0.05) is 6.07 Å². The third kappa shape index (κ3) is 3.38. The molecule has 0 saturated heterocycles. The first kappa shape index (κ1) is 14.0. The maximum absolute atomic E-state index is 12.8. The van der Waals surface area contributed by atoms with Crippen LogP contribution in [0.1, 0.15) is 0 Å². The van der Waals surface area contributed by atoms with Gasteiger partial charge in [-0.05, 0) is 47.9 Å². The quantitative estimate of drug-likeness (QED) is 0.775. The fourth-order valence-electron chi connectivity index (χ4n) is 2.12. The van der Waals surface area contributed by atoms with E-state index in [0.717, 1.165) is 16.5 Å². The molecule has 0 radical (unpaired) electrons. The van der Waals surface area contributed by atoms with Crippen molar-refractivity contribution >= 4 is 28.1 Å². The highest BCUT2D eigenvalue weighted by atomic mass is 19.1. The lowest BCUT2D eigenvalue weighted by atomic mass is 10.1. The van der Waals surface area contributed by atoms with Gasteiger partial charge in [-0.2, -0.15) is 0 Å². The zero-order valence-electron chi connectivity index (χ0n) is 11.7. The van der Waals surface area contributed by atoms with Crippen LogP contribution in [0.15, 0.2) is 60.9 Å². The number of anilines is 2. The number of carbonyl (C=O) groups is 1. The smallest absolute Gasteiger partial charge is 0.243 e. The van der Waals surface area contributed by atoms with Gasteiger partial charge in [0, 0.05) is 29.2 Å². The van der Waals surface area contributed by atoms with E-state index in [0.29, 0.717) is 5.69 Å². The fourth-order valence-corrected chi connectivity index (χ4v) is 2.12. The molecule has 0 unspecified atom stereocenters. The Kier molecular flexibility index (Phi) is 3.96. The normalized spacial score (nSPS) is 10.4. The second kappa shape index (κ2) is 6.22. The summed E-state index contributed by atoms with van der Waals surface area (Å²) in [6.07, 6.45) is 3.49. The molecule has 0 saturated carbocycles. The van der Waals surface area contributed by atoms with E-state index in [4.69, 9.17) is 0 Å². The minimum absolute atomic E-state index is 0.111. The largest absolute Gasteiger partial charge is 0.376 e. The molecule has 110 valence electrons. The number of nitrogens with zero attached hydrogens (tertiary/aromatic N) is 1. The summed E-state index contributed by atoms with van der Waals surface area (Å²) in [5.74, 6) is -0.474. The highest BCUT2D eigenvalue weighted by molar-refractivity contribution is 5.96. The molecule has 0 atom stereocenters. The van der Waals surface area contributed by atoms with Gasteiger partial charge in [-0.25, -0.2) is 4.39 Å². The molecule has 1 aromatic heterocycles. The number of hydrogen-bond donors (Lipinski definition) is 2. The van der Waals surface area contributed by atoms with Crippen molar-refractivity contribution in [3.63, 3.8) is 0 Å². The Morgan fingerprint density at radius 2 is 1.77 bits per heavy atom. The van der Waals surface area contributed by atoms with Gasteiger partial charge in [0.25, 0.3) is 0 Å². The van der Waals surface area contributed by atoms with Crippen molar-refractivity contribution < 1.29 is 9.18 Å². The first-order valence-corrected chi connectivity index (χ1v) is 6.84. The highest BCUT2D eigenvalue weighted by Crippen LogP contribution is 2.17. The zero-order valence-corrected chi connectivity index (χ0v) is 11.7. The molecule has 1 heterocycles. The first-order chi connectivity index (χ1) is 10.7. The monoisotopic (exact) mass is 295 g/mol. The van der Waals surface area contributed by atoms with Crippen molar-refractivity contribution in [3.05, 3.63) is 66.7 Å². The average molecular weight is 295 g/mol. The van der Waals surface area contributed by atoms with Gasteiger partial charge in [-0.15, -0.1) is 0 Å². The lowest BCUT2D eigenvalue weighted by molar-refractivity contribution is -0.114. The minimum atomic E-state index is -0.305. The molecule has 0 bridgehead atoms. The number of rotatable bonds is 4. The summed E-state index contributed by atoms with van der Waals surface area (Å²) in [4.78, 5) is 16.0. The number of hydrogen-bond acceptors (Lipinski definition) is 3. The Balaban J connectivity index is 1.61. The maximum atomic E-state index is 12.8. The fraction of sp³-hybridized carbons (Fsp3) is 0.0588. The minimum Gasteiger partial charge on any atom is -0.376 e. The molecule has 22 heavy (non-hydrogen) atoms. The molecule has 0 spiro atoms. The third-order valence-corrected chi connectivity index (χ3v) is 3.22. The predicted molar refractivity (Wildman–Crippen MR) is 85.3 cm³/mol. The van der Waals surface area contributed by atoms with Crippen LogP contribution in [0.2, 0.25) is 0 Å². The highest BCUT2D eigenvalue weighted by Gasteiger charge is 2.03. The number of benzene rings is 2. The van der Waals surface area contributed by atoms with E-state index in [1.807, 2.05) is 24.3 Å². The van der Waals surface area contributed by atoms with E-state index >= 15 is 0 Å². The number of halogens is 1. The van der Waals surface area contributed by atoms with Gasteiger partial charge < -0.3 is 10.6 Å². The summed E-state index contributed by atoms with van der Waals surface area (Å²) in [7, 11) is 0. The van der Waals surface area contributed by atoms with Gasteiger partial charge in [-0.3, -0.25) is 9.78 Å². The number of pyridine rings is 1. The van der Waals surface area contributed by atoms with Crippen molar-refractivity contribution in [2.24, 2.45) is 0 Å². The molecule has 3 aromatic rings. The molecule has 0 aliphatic heterocycles. The van der Waals surface area contributed by atoms with Gasteiger partial charge in [0.15, 0.2) is 0 Å². The van der Waals surface area contributed by atoms with Crippen molar-refractivity contribution in [1.82, 2.24) is 4.98 Å². The molecule has 0 fully saturated rings. The molecule has 0 aliphatic carbocycles. The van der Waals surface area contributed by atoms with E-state index in [1.54, 1.807) is 24.5 Å². The first-order valence-electron chi connectivity index (χ1n) is 6.84. The number of carbonyl (C=O) groups excluding carboxylic acids is 1. The van der Waals surface area contributed by atoms with Crippen molar-refractivity contribution in [2.45, 2.75) is 0 Å². The summed E-state index contributed by atoms with van der Waals surface area (Å²) in [5, 5.41) is 7.79. The third-order valence-electron chi connectivity index (χ3n) is 3.22. The van der Waals surface area contributed by atoms with Crippen LogP contribution in [0.25, 0.3) is 10.8 Å². The number of fused-ring (bicyclic) bond motifs is 1. The van der Waals surface area contributed by atoms with E-state index in [-0.39, 0.29) is 18.3 Å². The van der Waals surface area contributed by atoms with E-state index in [1.165, 1.54) is 12.1 Å². The average Bonchev–Trinajstić information content (AvgIpc) is 2.54. The van der Waals surface area contributed by atoms with Gasteiger partial charge in [0.05, 0.1) is 6.54 Å². The van der Waals surface area contributed by atoms with Crippen molar-refractivity contribution in [3.8, 4) is 0 Å². The van der Waals surface area contributed by atoms with Crippen LogP contribution in [-0.2, 0) is 4.79 Å². The Bertz CT molecular complexity index is 802. The number of amides is 1. The molecule has 5 heteroatoms.